The summed E-state index contributed by atoms with van der Waals surface area (Å²) in [4.78, 5) is 4.16. The number of ether oxygens (including phenoxy) is 1. The zero-order chi connectivity index (χ0) is 6.69. The van der Waals surface area contributed by atoms with Crippen LogP contribution >= 0.6 is 0 Å². The summed E-state index contributed by atoms with van der Waals surface area (Å²) in [5.41, 5.74) is 0. The highest BCUT2D eigenvalue weighted by Crippen LogP contribution is 2.13. The van der Waals surface area contributed by atoms with Crippen LogP contribution in [0.2, 0.25) is 0 Å². The zero-order valence-electron chi connectivity index (χ0n) is 6.00. The van der Waals surface area contributed by atoms with Crippen LogP contribution in [0.1, 0.15) is 20.3 Å². The fourth-order valence-corrected chi connectivity index (χ4v) is 0.889. The summed E-state index contributed by atoms with van der Waals surface area (Å²) in [7, 11) is 0. The fraction of sp³-hybridized carbons (Fsp3) is 0.857. The number of nitrogens with zero attached hydrogens (tertiary/aromatic N) is 1. The van der Waals surface area contributed by atoms with Gasteiger partial charge in [0.1, 0.15) is 6.61 Å². The molecule has 0 fully saturated rings. The summed E-state index contributed by atoms with van der Waals surface area (Å²) in [5, 5.41) is 0. The summed E-state index contributed by atoms with van der Waals surface area (Å²) < 4.78 is 4.99. The van der Waals surface area contributed by atoms with Crippen molar-refractivity contribution in [1.29, 1.82) is 0 Å². The van der Waals surface area contributed by atoms with Crippen LogP contribution in [0.25, 0.3) is 0 Å². The quantitative estimate of drug-likeness (QED) is 0.550. The predicted octanol–water partition coefficient (Wildman–Crippen LogP) is 1.46. The van der Waals surface area contributed by atoms with Gasteiger partial charge in [0.05, 0.1) is 6.04 Å². The molecule has 0 aromatic heterocycles. The molecule has 0 radical (unpaired) electrons. The van der Waals surface area contributed by atoms with Crippen LogP contribution in [0.15, 0.2) is 4.99 Å². The molecule has 0 N–H and O–H groups in total. The van der Waals surface area contributed by atoms with Crippen LogP contribution < -0.4 is 0 Å². The Morgan fingerprint density at radius 1 is 1.89 bits per heavy atom. The van der Waals surface area contributed by atoms with E-state index >= 15 is 0 Å². The first-order chi connectivity index (χ1) is 4.34. The van der Waals surface area contributed by atoms with Gasteiger partial charge in [-0.05, 0) is 5.92 Å². The maximum Gasteiger partial charge on any atom is 0.169 e. The molecule has 0 aliphatic carbocycles. The van der Waals surface area contributed by atoms with Gasteiger partial charge in [0, 0.05) is 0 Å². The average Bonchev–Trinajstić information content (AvgIpc) is 2.37. The Morgan fingerprint density at radius 2 is 2.67 bits per heavy atom. The highest BCUT2D eigenvalue weighted by atomic mass is 16.5. The molecular formula is C7H13NO. The van der Waals surface area contributed by atoms with Crippen molar-refractivity contribution in [3.05, 3.63) is 0 Å². The first-order valence-corrected chi connectivity index (χ1v) is 3.48. The smallest absolute Gasteiger partial charge is 0.169 e. The van der Waals surface area contributed by atoms with Gasteiger partial charge >= 0.3 is 0 Å². The molecule has 9 heavy (non-hydrogen) atoms. The second kappa shape index (κ2) is 2.85. The van der Waals surface area contributed by atoms with Gasteiger partial charge < -0.3 is 4.74 Å². The number of rotatable bonds is 2. The van der Waals surface area contributed by atoms with Crippen molar-refractivity contribution in [2.24, 2.45) is 10.9 Å². The van der Waals surface area contributed by atoms with Crippen LogP contribution in [0, 0.1) is 5.92 Å². The zero-order valence-corrected chi connectivity index (χ0v) is 6.00. The molecule has 0 saturated heterocycles. The van der Waals surface area contributed by atoms with Gasteiger partial charge in [-0.3, -0.25) is 4.99 Å². The molecule has 2 nitrogen and oxygen atoms in total. The van der Waals surface area contributed by atoms with E-state index in [1.807, 2.05) is 0 Å². The Morgan fingerprint density at radius 3 is 3.11 bits per heavy atom. The molecule has 0 unspecified atom stereocenters. The predicted molar refractivity (Wildman–Crippen MR) is 37.7 cm³/mol. The first-order valence-electron chi connectivity index (χ1n) is 3.48. The summed E-state index contributed by atoms with van der Waals surface area (Å²) in [6.07, 6.45) is 2.75. The van der Waals surface area contributed by atoms with Gasteiger partial charge in [0.2, 0.25) is 0 Å². The minimum Gasteiger partial charge on any atom is -0.481 e. The normalized spacial score (nSPS) is 28.0. The van der Waals surface area contributed by atoms with E-state index in [0.29, 0.717) is 12.0 Å². The molecule has 0 spiro atoms. The van der Waals surface area contributed by atoms with Gasteiger partial charge in [0.25, 0.3) is 0 Å². The van der Waals surface area contributed by atoms with Crippen molar-refractivity contribution in [2.75, 3.05) is 6.61 Å². The summed E-state index contributed by atoms with van der Waals surface area (Å²) >= 11 is 0. The van der Waals surface area contributed by atoms with Crippen molar-refractivity contribution < 1.29 is 4.74 Å². The molecule has 0 aromatic rings. The van der Waals surface area contributed by atoms with Gasteiger partial charge in [-0.25, -0.2) is 0 Å². The third-order valence-electron chi connectivity index (χ3n) is 1.89. The lowest BCUT2D eigenvalue weighted by molar-refractivity contribution is 0.289. The van der Waals surface area contributed by atoms with E-state index in [-0.39, 0.29) is 0 Å². The molecule has 0 aromatic carbocycles. The molecule has 1 aliphatic rings. The standard InChI is InChI=1S/C7H13NO/c1-3-6(2)7-4-9-5-8-7/h5-7H,3-4H2,1-2H3/t6-,7-/m1/s1. The summed E-state index contributed by atoms with van der Waals surface area (Å²) in [6, 6.07) is 0.426. The summed E-state index contributed by atoms with van der Waals surface area (Å²) in [6.45, 7) is 5.17. The van der Waals surface area contributed by atoms with E-state index in [4.69, 9.17) is 4.74 Å². The fourth-order valence-electron chi connectivity index (χ4n) is 0.889. The lowest BCUT2D eigenvalue weighted by Crippen LogP contribution is -2.15. The minimum absolute atomic E-state index is 0.426. The minimum atomic E-state index is 0.426. The topological polar surface area (TPSA) is 21.6 Å². The Kier molecular flexibility index (Phi) is 2.09. The lowest BCUT2D eigenvalue weighted by atomic mass is 10.0. The van der Waals surface area contributed by atoms with Crippen molar-refractivity contribution in [2.45, 2.75) is 26.3 Å². The molecular weight excluding hydrogens is 114 g/mol. The monoisotopic (exact) mass is 127 g/mol. The molecule has 52 valence electrons. The van der Waals surface area contributed by atoms with Crippen LogP contribution in [-0.4, -0.2) is 19.0 Å². The molecule has 1 aliphatic heterocycles. The SMILES string of the molecule is CC[C@@H](C)[C@H]1COC=N1. The van der Waals surface area contributed by atoms with Crippen LogP contribution in [0.5, 0.6) is 0 Å². The van der Waals surface area contributed by atoms with Crippen molar-refractivity contribution in [3.8, 4) is 0 Å². The molecule has 2 atom stereocenters. The van der Waals surface area contributed by atoms with Crippen molar-refractivity contribution in [3.63, 3.8) is 0 Å². The van der Waals surface area contributed by atoms with Gasteiger partial charge in [0.15, 0.2) is 6.40 Å². The van der Waals surface area contributed by atoms with Gasteiger partial charge in [-0.1, -0.05) is 20.3 Å². The number of hydrogen-bond acceptors (Lipinski definition) is 2. The number of aliphatic imine (C=N–C) groups is 1. The van der Waals surface area contributed by atoms with E-state index in [9.17, 15) is 0 Å². The van der Waals surface area contributed by atoms with E-state index in [0.717, 1.165) is 6.61 Å². The Balaban J connectivity index is 2.33. The van der Waals surface area contributed by atoms with Crippen LogP contribution in [-0.2, 0) is 4.74 Å². The van der Waals surface area contributed by atoms with E-state index in [1.165, 1.54) is 6.42 Å². The second-order valence-electron chi connectivity index (χ2n) is 2.54. The molecule has 0 amide bonds. The highest BCUT2D eigenvalue weighted by molar-refractivity contribution is 5.48. The van der Waals surface area contributed by atoms with Crippen molar-refractivity contribution in [1.82, 2.24) is 0 Å². The van der Waals surface area contributed by atoms with E-state index < -0.39 is 0 Å². The largest absolute Gasteiger partial charge is 0.481 e. The molecule has 1 rings (SSSR count). The Hall–Kier alpha value is -0.530. The highest BCUT2D eigenvalue weighted by Gasteiger charge is 2.17. The van der Waals surface area contributed by atoms with Crippen LogP contribution in [0.3, 0.4) is 0 Å². The molecule has 0 saturated carbocycles. The third kappa shape index (κ3) is 1.44. The first kappa shape index (κ1) is 6.59. The number of hydrogen-bond donors (Lipinski definition) is 0. The Bertz CT molecular complexity index is 111. The maximum atomic E-state index is 4.99. The van der Waals surface area contributed by atoms with Crippen LogP contribution in [0.4, 0.5) is 0 Å². The molecule has 2 heteroatoms. The molecule has 0 bridgehead atoms. The third-order valence-corrected chi connectivity index (χ3v) is 1.89. The lowest BCUT2D eigenvalue weighted by Gasteiger charge is -2.11. The maximum absolute atomic E-state index is 4.99. The van der Waals surface area contributed by atoms with Crippen molar-refractivity contribution >= 4 is 6.40 Å². The summed E-state index contributed by atoms with van der Waals surface area (Å²) in [5.74, 6) is 0.670. The second-order valence-corrected chi connectivity index (χ2v) is 2.54. The average molecular weight is 127 g/mol. The van der Waals surface area contributed by atoms with Gasteiger partial charge in [-0.2, -0.15) is 0 Å². The van der Waals surface area contributed by atoms with E-state index in [1.54, 1.807) is 6.40 Å². The van der Waals surface area contributed by atoms with Gasteiger partial charge in [-0.15, -0.1) is 0 Å². The molecule has 1 heterocycles. The van der Waals surface area contributed by atoms with E-state index in [2.05, 4.69) is 18.8 Å². The Labute approximate surface area is 55.9 Å².